The lowest BCUT2D eigenvalue weighted by Gasteiger charge is -2.00. The van der Waals surface area contributed by atoms with Gasteiger partial charge >= 0.3 is 5.97 Å². The van der Waals surface area contributed by atoms with Gasteiger partial charge in [0.25, 0.3) is 0 Å². The molecule has 2 heterocycles. The van der Waals surface area contributed by atoms with Crippen LogP contribution in [0, 0.1) is 0 Å². The molecule has 0 aliphatic heterocycles. The van der Waals surface area contributed by atoms with E-state index in [2.05, 4.69) is 20.9 Å². The summed E-state index contributed by atoms with van der Waals surface area (Å²) in [5.41, 5.74) is 0.821. The van der Waals surface area contributed by atoms with Gasteiger partial charge in [0.05, 0.1) is 23.6 Å². The molecule has 1 N–H and O–H groups in total. The summed E-state index contributed by atoms with van der Waals surface area (Å²) >= 11 is 3.18. The Morgan fingerprint density at radius 2 is 2.38 bits per heavy atom. The van der Waals surface area contributed by atoms with Gasteiger partial charge in [0.2, 0.25) is 0 Å². The summed E-state index contributed by atoms with van der Waals surface area (Å²) in [7, 11) is 0. The van der Waals surface area contributed by atoms with E-state index >= 15 is 0 Å². The molecule has 0 saturated carbocycles. The molecule has 0 aromatic carbocycles. The topological polar surface area (TPSA) is 54.6 Å². The van der Waals surface area contributed by atoms with Crippen LogP contribution in [-0.4, -0.2) is 20.5 Å². The number of carbonyl (C=O) groups is 1. The molecular formula is C8H5BrN2O2. The first kappa shape index (κ1) is 8.25. The molecular weight excluding hydrogens is 236 g/mol. The second-order valence-corrected chi connectivity index (χ2v) is 3.38. The standard InChI is InChI=1S/C8H5BrN2O2/c9-5-1-2-11-4-10-3-6(11)7(5)8(12)13/h1-4H,(H,12,13). The van der Waals surface area contributed by atoms with E-state index < -0.39 is 5.97 Å². The minimum absolute atomic E-state index is 0.236. The molecule has 0 saturated heterocycles. The highest BCUT2D eigenvalue weighted by Gasteiger charge is 2.12. The predicted molar refractivity (Wildman–Crippen MR) is 49.9 cm³/mol. The molecule has 0 aliphatic carbocycles. The quantitative estimate of drug-likeness (QED) is 0.828. The van der Waals surface area contributed by atoms with Gasteiger partial charge < -0.3 is 9.51 Å². The third-order valence-corrected chi connectivity index (χ3v) is 2.42. The van der Waals surface area contributed by atoms with Crippen molar-refractivity contribution in [3.05, 3.63) is 34.8 Å². The van der Waals surface area contributed by atoms with Crippen LogP contribution in [0.3, 0.4) is 0 Å². The molecule has 13 heavy (non-hydrogen) atoms. The number of carboxylic acids is 1. The van der Waals surface area contributed by atoms with Gasteiger partial charge in [0, 0.05) is 10.7 Å². The van der Waals surface area contributed by atoms with Crippen molar-refractivity contribution < 1.29 is 9.90 Å². The van der Waals surface area contributed by atoms with Crippen molar-refractivity contribution in [1.29, 1.82) is 0 Å². The smallest absolute Gasteiger partial charge is 0.339 e. The lowest BCUT2D eigenvalue weighted by molar-refractivity contribution is 0.0697. The van der Waals surface area contributed by atoms with Crippen molar-refractivity contribution in [2.24, 2.45) is 0 Å². The van der Waals surface area contributed by atoms with Crippen LogP contribution >= 0.6 is 15.9 Å². The third kappa shape index (κ3) is 1.21. The minimum atomic E-state index is -0.960. The van der Waals surface area contributed by atoms with Gasteiger partial charge in [-0.25, -0.2) is 9.78 Å². The van der Waals surface area contributed by atoms with Crippen molar-refractivity contribution in [2.75, 3.05) is 0 Å². The number of pyridine rings is 1. The number of hydrogen-bond donors (Lipinski definition) is 1. The first-order valence-electron chi connectivity index (χ1n) is 3.53. The lowest BCUT2D eigenvalue weighted by atomic mass is 10.2. The molecule has 5 heteroatoms. The van der Waals surface area contributed by atoms with Crippen LogP contribution in [0.15, 0.2) is 29.3 Å². The Bertz CT molecular complexity index is 478. The number of rotatable bonds is 1. The second-order valence-electron chi connectivity index (χ2n) is 2.53. The summed E-state index contributed by atoms with van der Waals surface area (Å²) in [6.45, 7) is 0. The van der Waals surface area contributed by atoms with Gasteiger partial charge in [0.15, 0.2) is 0 Å². The summed E-state index contributed by atoms with van der Waals surface area (Å²) in [5.74, 6) is -0.960. The Morgan fingerprint density at radius 1 is 1.62 bits per heavy atom. The zero-order chi connectivity index (χ0) is 9.42. The van der Waals surface area contributed by atoms with Gasteiger partial charge in [0.1, 0.15) is 0 Å². The van der Waals surface area contributed by atoms with Crippen LogP contribution in [0.4, 0.5) is 0 Å². The second kappa shape index (κ2) is 2.85. The predicted octanol–water partition coefficient (Wildman–Crippen LogP) is 1.80. The van der Waals surface area contributed by atoms with Gasteiger partial charge in [-0.15, -0.1) is 0 Å². The van der Waals surface area contributed by atoms with Crippen LogP contribution in [-0.2, 0) is 0 Å². The van der Waals surface area contributed by atoms with E-state index in [1.807, 2.05) is 0 Å². The molecule has 0 spiro atoms. The van der Waals surface area contributed by atoms with Crippen molar-refractivity contribution in [3.63, 3.8) is 0 Å². The van der Waals surface area contributed by atoms with Crippen molar-refractivity contribution in [1.82, 2.24) is 9.38 Å². The molecule has 2 rings (SSSR count). The largest absolute Gasteiger partial charge is 0.478 e. The number of halogens is 1. The normalized spacial score (nSPS) is 10.5. The van der Waals surface area contributed by atoms with E-state index in [4.69, 9.17) is 5.11 Å². The van der Waals surface area contributed by atoms with E-state index in [9.17, 15) is 4.79 Å². The molecule has 0 atom stereocenters. The van der Waals surface area contributed by atoms with Crippen LogP contribution in [0.1, 0.15) is 10.4 Å². The SMILES string of the molecule is O=C(O)c1c(Br)ccn2cncc12. The molecule has 0 amide bonds. The highest BCUT2D eigenvalue weighted by atomic mass is 79.9. The highest BCUT2D eigenvalue weighted by Crippen LogP contribution is 2.20. The van der Waals surface area contributed by atoms with E-state index in [-0.39, 0.29) is 5.56 Å². The van der Waals surface area contributed by atoms with Gasteiger partial charge in [-0.3, -0.25) is 0 Å². The molecule has 2 aromatic heterocycles. The Morgan fingerprint density at radius 3 is 3.08 bits per heavy atom. The fourth-order valence-electron chi connectivity index (χ4n) is 1.18. The summed E-state index contributed by atoms with van der Waals surface area (Å²) in [6, 6.07) is 1.68. The summed E-state index contributed by atoms with van der Waals surface area (Å²) < 4.78 is 2.22. The lowest BCUT2D eigenvalue weighted by Crippen LogP contribution is -2.00. The molecule has 0 aliphatic rings. The van der Waals surface area contributed by atoms with Crippen LogP contribution < -0.4 is 0 Å². The average Bonchev–Trinajstić information content (AvgIpc) is 2.50. The van der Waals surface area contributed by atoms with Crippen molar-refractivity contribution in [3.8, 4) is 0 Å². The maximum Gasteiger partial charge on any atom is 0.339 e. The number of carboxylic acid groups (broad SMARTS) is 1. The maximum atomic E-state index is 10.9. The Hall–Kier alpha value is -1.36. The minimum Gasteiger partial charge on any atom is -0.478 e. The average molecular weight is 241 g/mol. The molecule has 0 radical (unpaired) electrons. The summed E-state index contributed by atoms with van der Waals surface area (Å²) in [4.78, 5) is 14.7. The number of fused-ring (bicyclic) bond motifs is 1. The van der Waals surface area contributed by atoms with Gasteiger partial charge in [-0.05, 0) is 22.0 Å². The van der Waals surface area contributed by atoms with Crippen LogP contribution in [0.25, 0.3) is 5.52 Å². The molecule has 66 valence electrons. The summed E-state index contributed by atoms with van der Waals surface area (Å²) in [5, 5.41) is 8.91. The number of hydrogen-bond acceptors (Lipinski definition) is 2. The Labute approximate surface area is 82.0 Å². The fourth-order valence-corrected chi connectivity index (χ4v) is 1.67. The Balaban J connectivity index is 2.88. The monoisotopic (exact) mass is 240 g/mol. The molecule has 0 bridgehead atoms. The number of imidazole rings is 1. The van der Waals surface area contributed by atoms with Crippen LogP contribution in [0.5, 0.6) is 0 Å². The van der Waals surface area contributed by atoms with Gasteiger partial charge in [-0.2, -0.15) is 0 Å². The molecule has 0 fully saturated rings. The zero-order valence-electron chi connectivity index (χ0n) is 6.44. The van der Waals surface area contributed by atoms with E-state index in [1.165, 1.54) is 6.20 Å². The van der Waals surface area contributed by atoms with Crippen molar-refractivity contribution in [2.45, 2.75) is 0 Å². The third-order valence-electron chi connectivity index (χ3n) is 1.76. The fraction of sp³-hybridized carbons (Fsp3) is 0. The number of aromatic nitrogens is 2. The highest BCUT2D eigenvalue weighted by molar-refractivity contribution is 9.10. The first-order chi connectivity index (χ1) is 6.20. The van der Waals surface area contributed by atoms with Crippen LogP contribution in [0.2, 0.25) is 0 Å². The van der Waals surface area contributed by atoms with Gasteiger partial charge in [-0.1, -0.05) is 0 Å². The number of nitrogens with zero attached hydrogens (tertiary/aromatic N) is 2. The van der Waals surface area contributed by atoms with E-state index in [0.717, 1.165) is 0 Å². The van der Waals surface area contributed by atoms with E-state index in [0.29, 0.717) is 9.99 Å². The maximum absolute atomic E-state index is 10.9. The Kier molecular flexibility index (Phi) is 1.81. The molecule has 4 nitrogen and oxygen atoms in total. The van der Waals surface area contributed by atoms with E-state index in [1.54, 1.807) is 23.0 Å². The number of aromatic carboxylic acids is 1. The van der Waals surface area contributed by atoms with Crippen molar-refractivity contribution >= 4 is 27.4 Å². The molecule has 0 unspecified atom stereocenters. The molecule has 2 aromatic rings. The zero-order valence-corrected chi connectivity index (χ0v) is 8.02. The first-order valence-corrected chi connectivity index (χ1v) is 4.33. The summed E-state index contributed by atoms with van der Waals surface area (Å²) in [6.07, 6.45) is 4.83.